The van der Waals surface area contributed by atoms with Crippen LogP contribution in [0.15, 0.2) is 47.9 Å². The molecule has 0 spiro atoms. The van der Waals surface area contributed by atoms with Gasteiger partial charge in [0.15, 0.2) is 5.65 Å². The number of rotatable bonds is 5. The molecule has 0 saturated heterocycles. The fourth-order valence-corrected chi connectivity index (χ4v) is 4.46. The number of nitrogens with zero attached hydrogens (tertiary/aromatic N) is 4. The van der Waals surface area contributed by atoms with Gasteiger partial charge in [-0.15, -0.1) is 0 Å². The summed E-state index contributed by atoms with van der Waals surface area (Å²) in [5, 5.41) is 10.7. The lowest BCUT2D eigenvalue weighted by molar-refractivity contribution is -0.119. The van der Waals surface area contributed by atoms with E-state index in [4.69, 9.17) is 0 Å². The van der Waals surface area contributed by atoms with Crippen LogP contribution in [0.5, 0.6) is 0 Å². The molecule has 2 aromatic heterocycles. The number of carbonyl (C=O) groups excluding carboxylic acids is 2. The third-order valence-corrected chi connectivity index (χ3v) is 6.28. The summed E-state index contributed by atoms with van der Waals surface area (Å²) in [7, 11) is 0. The molecule has 156 valence electrons. The molecule has 30 heavy (non-hydrogen) atoms. The predicted octanol–water partition coefficient (Wildman–Crippen LogP) is 3.45. The Kier molecular flexibility index (Phi) is 6.27. The van der Waals surface area contributed by atoms with Gasteiger partial charge >= 0.3 is 6.03 Å². The van der Waals surface area contributed by atoms with Crippen LogP contribution in [0.3, 0.4) is 0 Å². The molecule has 2 N–H and O–H groups in total. The van der Waals surface area contributed by atoms with Gasteiger partial charge in [-0.3, -0.25) is 10.1 Å². The number of benzene rings is 1. The molecular weight excluding hydrogens is 400 g/mol. The maximum atomic E-state index is 12.5. The Hall–Kier alpha value is -2.94. The fraction of sp³-hybridized carbons (Fsp3) is 0.381. The molecular formula is C21H24N6O2S. The molecule has 9 heteroatoms. The van der Waals surface area contributed by atoms with Crippen molar-refractivity contribution in [2.24, 2.45) is 0 Å². The van der Waals surface area contributed by atoms with Gasteiger partial charge in [-0.1, -0.05) is 49.2 Å². The summed E-state index contributed by atoms with van der Waals surface area (Å²) in [6.45, 7) is 1.75. The van der Waals surface area contributed by atoms with Gasteiger partial charge in [-0.25, -0.2) is 19.4 Å². The number of nitrogens with one attached hydrogen (secondary N) is 2. The van der Waals surface area contributed by atoms with Gasteiger partial charge in [0, 0.05) is 6.04 Å². The molecule has 1 unspecified atom stereocenters. The van der Waals surface area contributed by atoms with E-state index in [0.717, 1.165) is 36.8 Å². The van der Waals surface area contributed by atoms with E-state index in [2.05, 4.69) is 25.7 Å². The van der Waals surface area contributed by atoms with Crippen LogP contribution < -0.4 is 10.6 Å². The minimum Gasteiger partial charge on any atom is -0.335 e. The van der Waals surface area contributed by atoms with Gasteiger partial charge in [-0.2, -0.15) is 5.10 Å². The zero-order valence-corrected chi connectivity index (χ0v) is 17.6. The summed E-state index contributed by atoms with van der Waals surface area (Å²) in [5.74, 6) is -0.351. The minimum atomic E-state index is -0.500. The van der Waals surface area contributed by atoms with Crippen molar-refractivity contribution in [3.05, 3.63) is 42.9 Å². The van der Waals surface area contributed by atoms with Crippen LogP contribution in [-0.4, -0.2) is 43.0 Å². The van der Waals surface area contributed by atoms with Crippen LogP contribution in [0.25, 0.3) is 16.7 Å². The zero-order valence-electron chi connectivity index (χ0n) is 16.7. The van der Waals surface area contributed by atoms with Crippen molar-refractivity contribution in [2.75, 3.05) is 0 Å². The molecule has 1 saturated carbocycles. The lowest BCUT2D eigenvalue weighted by Gasteiger charge is -2.23. The minimum absolute atomic E-state index is 0.153. The lowest BCUT2D eigenvalue weighted by atomic mass is 9.96. The van der Waals surface area contributed by atoms with Crippen LogP contribution in [0.2, 0.25) is 0 Å². The van der Waals surface area contributed by atoms with E-state index in [-0.39, 0.29) is 11.9 Å². The number of amides is 3. The highest BCUT2D eigenvalue weighted by atomic mass is 32.2. The fourth-order valence-electron chi connectivity index (χ4n) is 3.58. The molecule has 3 amide bonds. The van der Waals surface area contributed by atoms with Crippen molar-refractivity contribution >= 4 is 34.7 Å². The number of hydrogen-bond acceptors (Lipinski definition) is 6. The van der Waals surface area contributed by atoms with Gasteiger partial charge in [0.05, 0.1) is 22.5 Å². The standard InChI is InChI=1S/C21H24N6O2S/c1-14(19(28)26-21(29)25-15-8-4-2-5-9-15)30-20-17-12-24-27(18(17)22-13-23-20)16-10-6-3-7-11-16/h3,6-7,10-15H,2,4-5,8-9H2,1H3,(H2,25,26,28,29). The summed E-state index contributed by atoms with van der Waals surface area (Å²) in [6.07, 6.45) is 8.54. The Labute approximate surface area is 178 Å². The van der Waals surface area contributed by atoms with Gasteiger partial charge in [0.1, 0.15) is 11.4 Å². The molecule has 1 aromatic carbocycles. The maximum Gasteiger partial charge on any atom is 0.321 e. The SMILES string of the molecule is CC(Sc1ncnc2c1cnn2-c1ccccc1)C(=O)NC(=O)NC1CCCCC1. The number of urea groups is 1. The normalized spacial score (nSPS) is 15.6. The zero-order chi connectivity index (χ0) is 20.9. The smallest absolute Gasteiger partial charge is 0.321 e. The number of thioether (sulfide) groups is 1. The number of hydrogen-bond donors (Lipinski definition) is 2. The third-order valence-electron chi connectivity index (χ3n) is 5.16. The Balaban J connectivity index is 1.42. The number of aromatic nitrogens is 4. The molecule has 3 aromatic rings. The topological polar surface area (TPSA) is 102 Å². The third kappa shape index (κ3) is 4.62. The molecule has 8 nitrogen and oxygen atoms in total. The van der Waals surface area contributed by atoms with Gasteiger partial charge < -0.3 is 5.32 Å². The molecule has 1 atom stereocenters. The molecule has 1 aliphatic carbocycles. The maximum absolute atomic E-state index is 12.5. The first kappa shape index (κ1) is 20.3. The second-order valence-corrected chi connectivity index (χ2v) is 8.70. The van der Waals surface area contributed by atoms with E-state index in [1.54, 1.807) is 17.8 Å². The molecule has 1 aliphatic rings. The largest absolute Gasteiger partial charge is 0.335 e. The van der Waals surface area contributed by atoms with Crippen molar-refractivity contribution in [2.45, 2.75) is 55.3 Å². The monoisotopic (exact) mass is 424 g/mol. The average molecular weight is 425 g/mol. The molecule has 1 fully saturated rings. The second kappa shape index (κ2) is 9.25. The van der Waals surface area contributed by atoms with Crippen LogP contribution in [0.4, 0.5) is 4.79 Å². The van der Waals surface area contributed by atoms with Gasteiger partial charge in [0.25, 0.3) is 0 Å². The van der Waals surface area contributed by atoms with Crippen molar-refractivity contribution in [3.63, 3.8) is 0 Å². The molecule has 0 radical (unpaired) electrons. The highest BCUT2D eigenvalue weighted by Crippen LogP contribution is 2.28. The first-order valence-electron chi connectivity index (χ1n) is 10.1. The van der Waals surface area contributed by atoms with Crippen molar-refractivity contribution in [1.82, 2.24) is 30.4 Å². The van der Waals surface area contributed by atoms with Crippen LogP contribution in [0.1, 0.15) is 39.0 Å². The van der Waals surface area contributed by atoms with E-state index in [1.165, 1.54) is 24.5 Å². The summed E-state index contributed by atoms with van der Waals surface area (Å²) in [4.78, 5) is 33.3. The van der Waals surface area contributed by atoms with Gasteiger partial charge in [-0.05, 0) is 31.9 Å². The van der Waals surface area contributed by atoms with Crippen molar-refractivity contribution < 1.29 is 9.59 Å². The summed E-state index contributed by atoms with van der Waals surface area (Å²) in [6, 6.07) is 9.43. The summed E-state index contributed by atoms with van der Waals surface area (Å²) < 4.78 is 1.74. The molecule has 0 aliphatic heterocycles. The van der Waals surface area contributed by atoms with Crippen molar-refractivity contribution in [3.8, 4) is 5.69 Å². The quantitative estimate of drug-likeness (QED) is 0.480. The number of fused-ring (bicyclic) bond motifs is 1. The van der Waals surface area contributed by atoms with Gasteiger partial charge in [0.2, 0.25) is 5.91 Å². The van der Waals surface area contributed by atoms with Crippen LogP contribution in [-0.2, 0) is 4.79 Å². The highest BCUT2D eigenvalue weighted by Gasteiger charge is 2.22. The van der Waals surface area contributed by atoms with E-state index >= 15 is 0 Å². The Morgan fingerprint density at radius 3 is 2.67 bits per heavy atom. The summed E-state index contributed by atoms with van der Waals surface area (Å²) >= 11 is 1.28. The van der Waals surface area contributed by atoms with E-state index in [0.29, 0.717) is 10.7 Å². The molecule has 2 heterocycles. The van der Waals surface area contributed by atoms with Crippen LogP contribution in [0, 0.1) is 0 Å². The Morgan fingerprint density at radius 2 is 1.90 bits per heavy atom. The predicted molar refractivity (Wildman–Crippen MR) is 116 cm³/mol. The lowest BCUT2D eigenvalue weighted by Crippen LogP contribution is -2.47. The second-order valence-electron chi connectivity index (χ2n) is 7.37. The Bertz CT molecular complexity index is 1030. The van der Waals surface area contributed by atoms with E-state index < -0.39 is 11.3 Å². The van der Waals surface area contributed by atoms with Crippen molar-refractivity contribution in [1.29, 1.82) is 0 Å². The average Bonchev–Trinajstić information content (AvgIpc) is 3.20. The number of imide groups is 1. The summed E-state index contributed by atoms with van der Waals surface area (Å²) in [5.41, 5.74) is 1.56. The number of para-hydroxylation sites is 1. The Morgan fingerprint density at radius 1 is 1.13 bits per heavy atom. The van der Waals surface area contributed by atoms with Crippen LogP contribution >= 0.6 is 11.8 Å². The molecule has 4 rings (SSSR count). The van der Waals surface area contributed by atoms with E-state index in [9.17, 15) is 9.59 Å². The highest BCUT2D eigenvalue weighted by molar-refractivity contribution is 8.00. The molecule has 0 bridgehead atoms. The first-order valence-corrected chi connectivity index (χ1v) is 11.0. The first-order chi connectivity index (χ1) is 14.6. The number of carbonyl (C=O) groups is 2. The van der Waals surface area contributed by atoms with E-state index in [1.807, 2.05) is 30.3 Å².